The number of benzene rings is 1. The Bertz CT molecular complexity index is 487. The van der Waals surface area contributed by atoms with Crippen LogP contribution < -0.4 is 15.4 Å². The van der Waals surface area contributed by atoms with Crippen LogP contribution in [0.5, 0.6) is 5.75 Å². The second kappa shape index (κ2) is 10.7. The Morgan fingerprint density at radius 2 is 2.04 bits per heavy atom. The van der Waals surface area contributed by atoms with Crippen molar-refractivity contribution in [1.82, 2.24) is 15.5 Å². The van der Waals surface area contributed by atoms with Crippen LogP contribution in [0.1, 0.15) is 18.4 Å². The summed E-state index contributed by atoms with van der Waals surface area (Å²) >= 11 is 0. The fourth-order valence-corrected chi connectivity index (χ4v) is 2.70. The third-order valence-corrected chi connectivity index (χ3v) is 4.21. The molecule has 0 aromatic heterocycles. The van der Waals surface area contributed by atoms with E-state index in [9.17, 15) is 0 Å². The molecule has 1 aromatic rings. The first-order valence-electron chi connectivity index (χ1n) is 7.97. The molecule has 2 N–H and O–H groups in total. The average Bonchev–Trinajstić information content (AvgIpc) is 2.57. The Balaban J connectivity index is 0.00000264. The van der Waals surface area contributed by atoms with Crippen LogP contribution in [0.3, 0.4) is 0 Å². The van der Waals surface area contributed by atoms with E-state index in [0.29, 0.717) is 0 Å². The first kappa shape index (κ1) is 20.0. The van der Waals surface area contributed by atoms with Crippen LogP contribution in [-0.2, 0) is 6.54 Å². The molecule has 0 radical (unpaired) electrons. The molecule has 0 aliphatic carbocycles. The van der Waals surface area contributed by atoms with E-state index in [2.05, 4.69) is 33.6 Å². The lowest BCUT2D eigenvalue weighted by Crippen LogP contribution is -2.41. The molecule has 2 rings (SSSR count). The molecule has 1 aliphatic rings. The lowest BCUT2D eigenvalue weighted by atomic mass is 9.97. The number of methoxy groups -OCH3 is 1. The highest BCUT2D eigenvalue weighted by atomic mass is 127. The number of halogens is 1. The fourth-order valence-electron chi connectivity index (χ4n) is 2.70. The van der Waals surface area contributed by atoms with E-state index in [0.717, 1.165) is 30.7 Å². The molecule has 6 heteroatoms. The summed E-state index contributed by atoms with van der Waals surface area (Å²) in [6, 6.07) is 8.08. The maximum Gasteiger partial charge on any atom is 0.191 e. The molecule has 1 heterocycles. The predicted octanol–water partition coefficient (Wildman–Crippen LogP) is 2.32. The zero-order valence-corrected chi connectivity index (χ0v) is 16.7. The van der Waals surface area contributed by atoms with E-state index < -0.39 is 0 Å². The second-order valence-corrected chi connectivity index (χ2v) is 5.90. The van der Waals surface area contributed by atoms with E-state index in [4.69, 9.17) is 4.74 Å². The van der Waals surface area contributed by atoms with Crippen molar-refractivity contribution in [2.75, 3.05) is 40.8 Å². The van der Waals surface area contributed by atoms with E-state index in [-0.39, 0.29) is 24.0 Å². The highest BCUT2D eigenvalue weighted by molar-refractivity contribution is 14.0. The SMILES string of the molecule is CN=C(NCc1cccc(OC)c1)NCC1CCN(C)CC1.I. The van der Waals surface area contributed by atoms with E-state index in [1.807, 2.05) is 25.2 Å². The van der Waals surface area contributed by atoms with Gasteiger partial charge in [0.05, 0.1) is 7.11 Å². The normalized spacial score (nSPS) is 16.6. The highest BCUT2D eigenvalue weighted by Crippen LogP contribution is 2.14. The fraction of sp³-hybridized carbons (Fsp3) is 0.588. The molecule has 0 spiro atoms. The van der Waals surface area contributed by atoms with Gasteiger partial charge in [-0.3, -0.25) is 4.99 Å². The van der Waals surface area contributed by atoms with Gasteiger partial charge in [0.2, 0.25) is 0 Å². The molecule has 1 saturated heterocycles. The predicted molar refractivity (Wildman–Crippen MR) is 107 cm³/mol. The van der Waals surface area contributed by atoms with E-state index in [1.54, 1.807) is 7.11 Å². The van der Waals surface area contributed by atoms with Crippen molar-refractivity contribution in [2.24, 2.45) is 10.9 Å². The number of nitrogens with one attached hydrogen (secondary N) is 2. The van der Waals surface area contributed by atoms with Gasteiger partial charge in [-0.2, -0.15) is 0 Å². The van der Waals surface area contributed by atoms with Crippen LogP contribution in [0.2, 0.25) is 0 Å². The van der Waals surface area contributed by atoms with Gasteiger partial charge in [-0.15, -0.1) is 24.0 Å². The molecular weight excluding hydrogens is 403 g/mol. The molecule has 23 heavy (non-hydrogen) atoms. The number of guanidine groups is 1. The van der Waals surface area contributed by atoms with E-state index in [1.165, 1.54) is 31.5 Å². The first-order valence-corrected chi connectivity index (χ1v) is 7.97. The van der Waals surface area contributed by atoms with Gasteiger partial charge in [-0.05, 0) is 56.6 Å². The topological polar surface area (TPSA) is 48.9 Å². The van der Waals surface area contributed by atoms with Gasteiger partial charge in [0, 0.05) is 20.1 Å². The maximum absolute atomic E-state index is 5.25. The Hall–Kier alpha value is -1.02. The Labute approximate surface area is 156 Å². The number of rotatable bonds is 5. The number of hydrogen-bond acceptors (Lipinski definition) is 3. The Morgan fingerprint density at radius 1 is 1.30 bits per heavy atom. The zero-order chi connectivity index (χ0) is 15.8. The smallest absolute Gasteiger partial charge is 0.191 e. The van der Waals surface area contributed by atoms with Gasteiger partial charge in [-0.25, -0.2) is 0 Å². The van der Waals surface area contributed by atoms with Gasteiger partial charge < -0.3 is 20.3 Å². The third kappa shape index (κ3) is 6.95. The van der Waals surface area contributed by atoms with Gasteiger partial charge in [-0.1, -0.05) is 12.1 Å². The molecule has 0 unspecified atom stereocenters. The summed E-state index contributed by atoms with van der Waals surface area (Å²) in [5, 5.41) is 6.80. The van der Waals surface area contributed by atoms with Crippen molar-refractivity contribution in [3.05, 3.63) is 29.8 Å². The lowest BCUT2D eigenvalue weighted by molar-refractivity contribution is 0.220. The lowest BCUT2D eigenvalue weighted by Gasteiger charge is -2.29. The zero-order valence-electron chi connectivity index (χ0n) is 14.3. The number of hydrogen-bond donors (Lipinski definition) is 2. The summed E-state index contributed by atoms with van der Waals surface area (Å²) < 4.78 is 5.25. The summed E-state index contributed by atoms with van der Waals surface area (Å²) in [5.74, 6) is 2.49. The van der Waals surface area contributed by atoms with Gasteiger partial charge in [0.25, 0.3) is 0 Å². The van der Waals surface area contributed by atoms with Crippen molar-refractivity contribution in [1.29, 1.82) is 0 Å². The minimum absolute atomic E-state index is 0. The van der Waals surface area contributed by atoms with Crippen molar-refractivity contribution >= 4 is 29.9 Å². The molecule has 1 aromatic carbocycles. The van der Waals surface area contributed by atoms with Crippen LogP contribution in [-0.4, -0.2) is 51.7 Å². The van der Waals surface area contributed by atoms with E-state index >= 15 is 0 Å². The quantitative estimate of drug-likeness (QED) is 0.426. The van der Waals surface area contributed by atoms with Crippen molar-refractivity contribution in [3.8, 4) is 5.75 Å². The van der Waals surface area contributed by atoms with Crippen LogP contribution in [0.4, 0.5) is 0 Å². The first-order chi connectivity index (χ1) is 10.7. The van der Waals surface area contributed by atoms with Crippen LogP contribution >= 0.6 is 24.0 Å². The molecule has 0 saturated carbocycles. The Morgan fingerprint density at radius 3 is 2.70 bits per heavy atom. The highest BCUT2D eigenvalue weighted by Gasteiger charge is 2.16. The van der Waals surface area contributed by atoms with Crippen molar-refractivity contribution in [3.63, 3.8) is 0 Å². The summed E-state index contributed by atoms with van der Waals surface area (Å²) in [6.07, 6.45) is 2.52. The number of likely N-dealkylation sites (tertiary alicyclic amines) is 1. The summed E-state index contributed by atoms with van der Waals surface area (Å²) in [5.41, 5.74) is 1.18. The number of ether oxygens (including phenoxy) is 1. The summed E-state index contributed by atoms with van der Waals surface area (Å²) in [4.78, 5) is 6.69. The Kier molecular flexibility index (Phi) is 9.31. The number of aliphatic imine (C=N–C) groups is 1. The van der Waals surface area contributed by atoms with Crippen LogP contribution in [0, 0.1) is 5.92 Å². The minimum atomic E-state index is 0. The van der Waals surface area contributed by atoms with Crippen LogP contribution in [0.15, 0.2) is 29.3 Å². The molecule has 130 valence electrons. The largest absolute Gasteiger partial charge is 0.497 e. The minimum Gasteiger partial charge on any atom is -0.497 e. The maximum atomic E-state index is 5.25. The second-order valence-electron chi connectivity index (χ2n) is 5.90. The number of nitrogens with zero attached hydrogens (tertiary/aromatic N) is 2. The van der Waals surface area contributed by atoms with Crippen molar-refractivity contribution in [2.45, 2.75) is 19.4 Å². The third-order valence-electron chi connectivity index (χ3n) is 4.21. The molecule has 0 atom stereocenters. The van der Waals surface area contributed by atoms with Crippen molar-refractivity contribution < 1.29 is 4.74 Å². The van der Waals surface area contributed by atoms with Gasteiger partial charge >= 0.3 is 0 Å². The van der Waals surface area contributed by atoms with Gasteiger partial charge in [0.15, 0.2) is 5.96 Å². The average molecular weight is 432 g/mol. The molecular formula is C17H29IN4O. The number of piperidine rings is 1. The monoisotopic (exact) mass is 432 g/mol. The van der Waals surface area contributed by atoms with Crippen LogP contribution in [0.25, 0.3) is 0 Å². The van der Waals surface area contributed by atoms with Gasteiger partial charge in [0.1, 0.15) is 5.75 Å². The molecule has 0 amide bonds. The molecule has 5 nitrogen and oxygen atoms in total. The molecule has 1 fully saturated rings. The summed E-state index contributed by atoms with van der Waals surface area (Å²) in [7, 11) is 5.70. The molecule has 1 aliphatic heterocycles. The standard InChI is InChI=1S/C17H28N4O.HI/c1-18-17(19-12-14-7-9-21(2)10-8-14)20-13-15-5-4-6-16(11-15)22-3;/h4-6,11,14H,7-10,12-13H2,1-3H3,(H2,18,19,20);1H. The molecule has 0 bridgehead atoms. The summed E-state index contributed by atoms with van der Waals surface area (Å²) in [6.45, 7) is 4.13.